The normalized spacial score (nSPS) is 22.2. The van der Waals surface area contributed by atoms with E-state index in [0.29, 0.717) is 18.4 Å². The van der Waals surface area contributed by atoms with Crippen LogP contribution in [0.3, 0.4) is 0 Å². The Hall–Kier alpha value is -4.20. The number of ether oxygens (including phenoxy) is 2. The highest BCUT2D eigenvalue weighted by Crippen LogP contribution is 3.02. The fourth-order valence-corrected chi connectivity index (χ4v) is 6.90. The Balaban J connectivity index is 1.36. The first kappa shape index (κ1) is 32.2. The number of methoxy groups -OCH3 is 1. The van der Waals surface area contributed by atoms with Crippen LogP contribution in [0.4, 0.5) is 29.5 Å². The number of amides is 2. The molecule has 5 rings (SSSR count). The lowest BCUT2D eigenvalue weighted by molar-refractivity contribution is -0.122. The minimum Gasteiger partial charge on any atom is -0.496 e. The highest BCUT2D eigenvalue weighted by molar-refractivity contribution is 8.45. The van der Waals surface area contributed by atoms with Crippen LogP contribution in [-0.4, -0.2) is 37.5 Å². The fourth-order valence-electron chi connectivity index (χ4n) is 6.25. The summed E-state index contributed by atoms with van der Waals surface area (Å²) in [5.74, 6) is -3.40. The Bertz CT molecular complexity index is 1650. The summed E-state index contributed by atoms with van der Waals surface area (Å²) in [7, 11) is -8.60. The van der Waals surface area contributed by atoms with E-state index in [2.05, 4.69) is 10.6 Å². The van der Waals surface area contributed by atoms with E-state index in [4.69, 9.17) is 9.47 Å². The molecule has 0 aromatic heterocycles. The van der Waals surface area contributed by atoms with Gasteiger partial charge in [0.2, 0.25) is 5.91 Å². The average molecular weight is 657 g/mol. The third kappa shape index (κ3) is 6.75. The number of carbonyl (C=O) groups excluding carboxylic acids is 3. The number of rotatable bonds is 9. The van der Waals surface area contributed by atoms with Crippen LogP contribution in [0.15, 0.2) is 65.6 Å². The first-order valence-electron chi connectivity index (χ1n) is 14.1. The minimum atomic E-state index is -9.87. The third-order valence-corrected chi connectivity index (χ3v) is 9.49. The van der Waals surface area contributed by atoms with Gasteiger partial charge < -0.3 is 20.1 Å². The van der Waals surface area contributed by atoms with Crippen LogP contribution < -0.4 is 15.4 Å². The van der Waals surface area contributed by atoms with E-state index in [-0.39, 0.29) is 58.7 Å². The highest BCUT2D eigenvalue weighted by Gasteiger charge is 2.65. The molecule has 2 saturated carbocycles. The first-order chi connectivity index (χ1) is 21.0. The maximum Gasteiger partial charge on any atom is 0.338 e. The van der Waals surface area contributed by atoms with Gasteiger partial charge in [-0.2, -0.15) is 0 Å². The van der Waals surface area contributed by atoms with Gasteiger partial charge >= 0.3 is 16.2 Å². The molecule has 0 saturated heterocycles. The van der Waals surface area contributed by atoms with E-state index < -0.39 is 50.7 Å². The monoisotopic (exact) mass is 656 g/mol. The molecule has 0 spiro atoms. The molecular formula is C31H30F6N2O5S. The average Bonchev–Trinajstić information content (AvgIpc) is 3.58. The van der Waals surface area contributed by atoms with Gasteiger partial charge in [0.15, 0.2) is 0 Å². The third-order valence-electron chi connectivity index (χ3n) is 8.33. The zero-order valence-corrected chi connectivity index (χ0v) is 24.9. The maximum atomic E-state index is 15.1. The number of carbonyl (C=O) groups is 3. The summed E-state index contributed by atoms with van der Waals surface area (Å²) in [6.07, 6.45) is 2.06. The Morgan fingerprint density at radius 2 is 1.56 bits per heavy atom. The van der Waals surface area contributed by atoms with Crippen molar-refractivity contribution in [1.29, 1.82) is 0 Å². The second-order valence-corrected chi connectivity index (χ2v) is 13.6. The van der Waals surface area contributed by atoms with E-state index in [0.717, 1.165) is 24.6 Å². The molecular weight excluding hydrogens is 626 g/mol. The van der Waals surface area contributed by atoms with E-state index >= 15 is 4.39 Å². The van der Waals surface area contributed by atoms with Crippen molar-refractivity contribution in [3.05, 3.63) is 77.6 Å². The highest BCUT2D eigenvalue weighted by atomic mass is 32.5. The van der Waals surface area contributed by atoms with Gasteiger partial charge in [-0.15, -0.1) is 0 Å². The molecule has 4 atom stereocenters. The van der Waals surface area contributed by atoms with Crippen molar-refractivity contribution in [2.45, 2.75) is 37.1 Å². The fraction of sp³-hybridized carbons (Fsp3) is 0.323. The molecule has 14 heteroatoms. The van der Waals surface area contributed by atoms with Crippen LogP contribution in [0, 0.1) is 23.6 Å². The zero-order valence-electron chi connectivity index (χ0n) is 24.1. The number of esters is 1. The molecule has 2 aliphatic rings. The molecule has 45 heavy (non-hydrogen) atoms. The molecule has 3 aromatic carbocycles. The van der Waals surface area contributed by atoms with Crippen LogP contribution in [-0.2, 0) is 9.53 Å². The van der Waals surface area contributed by atoms with Crippen LogP contribution in [0.25, 0.3) is 11.1 Å². The van der Waals surface area contributed by atoms with Crippen molar-refractivity contribution < 1.29 is 47.7 Å². The molecule has 0 unspecified atom stereocenters. The summed E-state index contributed by atoms with van der Waals surface area (Å²) >= 11 is 0. The number of benzene rings is 3. The van der Waals surface area contributed by atoms with Crippen molar-refractivity contribution in [3.8, 4) is 16.9 Å². The predicted octanol–water partition coefficient (Wildman–Crippen LogP) is 8.12. The number of hydrogen-bond acceptors (Lipinski definition) is 5. The molecule has 2 N–H and O–H groups in total. The Morgan fingerprint density at radius 1 is 0.911 bits per heavy atom. The summed E-state index contributed by atoms with van der Waals surface area (Å²) < 4.78 is 90.8. The van der Waals surface area contributed by atoms with Crippen LogP contribution in [0.2, 0.25) is 0 Å². The number of anilines is 1. The van der Waals surface area contributed by atoms with Crippen molar-refractivity contribution >= 4 is 33.7 Å². The Kier molecular flexibility index (Phi) is 7.87. The predicted molar refractivity (Wildman–Crippen MR) is 156 cm³/mol. The Morgan fingerprint density at radius 3 is 2.16 bits per heavy atom. The second-order valence-electron chi connectivity index (χ2n) is 11.2. The number of halogens is 6. The van der Waals surface area contributed by atoms with Crippen LogP contribution >= 0.6 is 10.2 Å². The lowest BCUT2D eigenvalue weighted by Crippen LogP contribution is -2.48. The summed E-state index contributed by atoms with van der Waals surface area (Å²) in [4.78, 5) is 36.9. The van der Waals surface area contributed by atoms with Gasteiger partial charge in [-0.05, 0) is 86.1 Å². The quantitative estimate of drug-likeness (QED) is 0.179. The summed E-state index contributed by atoms with van der Waals surface area (Å²) in [5, 5.41) is 5.39. The minimum absolute atomic E-state index is 0.00288. The van der Waals surface area contributed by atoms with Gasteiger partial charge in [0.05, 0.1) is 30.8 Å². The number of hydrogen-bond donors (Lipinski definition) is 2. The van der Waals surface area contributed by atoms with Gasteiger partial charge in [-0.1, -0.05) is 31.6 Å². The summed E-state index contributed by atoms with van der Waals surface area (Å²) in [6, 6.07) is 9.65. The number of fused-ring (bicyclic) bond motifs is 2. The smallest absolute Gasteiger partial charge is 0.338 e. The van der Waals surface area contributed by atoms with E-state index in [9.17, 15) is 33.8 Å². The molecule has 0 heterocycles. The van der Waals surface area contributed by atoms with Gasteiger partial charge in [-0.3, -0.25) is 9.59 Å². The van der Waals surface area contributed by atoms with E-state index in [1.54, 1.807) is 6.92 Å². The summed E-state index contributed by atoms with van der Waals surface area (Å²) in [5.41, 5.74) is 0.608. The Labute approximate surface area is 255 Å². The molecule has 242 valence electrons. The maximum absolute atomic E-state index is 15.1. The van der Waals surface area contributed by atoms with Gasteiger partial charge in [0.25, 0.3) is 5.91 Å². The molecule has 7 nitrogen and oxygen atoms in total. The van der Waals surface area contributed by atoms with E-state index in [1.165, 1.54) is 37.4 Å². The molecule has 2 bridgehead atoms. The van der Waals surface area contributed by atoms with Gasteiger partial charge in [-0.25, -0.2) is 9.18 Å². The lowest BCUT2D eigenvalue weighted by atomic mass is 9.83. The topological polar surface area (TPSA) is 93.7 Å². The molecule has 0 aliphatic heterocycles. The molecule has 3 aromatic rings. The van der Waals surface area contributed by atoms with Crippen LogP contribution in [0.1, 0.15) is 46.9 Å². The largest absolute Gasteiger partial charge is 0.496 e. The van der Waals surface area contributed by atoms with Gasteiger partial charge in [0, 0.05) is 23.4 Å². The standard InChI is InChI=1S/C31H30F6N2O5S/c1-3-44-31(42)18-6-4-17(5-7-18)23-15-24(26(43-2)16-25(23)32)29(40)39-28-20-9-8-19(14-20)27(28)30(41)38-21-10-12-22(13-11-21)45(33,34,35,36)37/h4-7,10-13,15-16,19-20,27-28H,3,8-9,14H2,1-2H3,(H,38,41)(H,39,40)/t19-,20+,27+,28-/m1/s1. The zero-order chi connectivity index (χ0) is 32.8. The van der Waals surface area contributed by atoms with Crippen LogP contribution in [0.5, 0.6) is 5.75 Å². The van der Waals surface area contributed by atoms with Gasteiger partial charge in [0.1, 0.15) is 16.5 Å². The molecule has 0 radical (unpaired) electrons. The summed E-state index contributed by atoms with van der Waals surface area (Å²) in [6.45, 7) is 1.86. The SMILES string of the molecule is CCOC(=O)c1ccc(-c2cc(C(=O)N[C@@H]3[C@H]4CC[C@H](C4)[C@@H]3C(=O)Nc3ccc(S(F)(F)(F)(F)F)cc3)c(OC)cc2F)cc1. The molecule has 2 amide bonds. The molecule has 2 fully saturated rings. The first-order valence-corrected chi connectivity index (χ1v) is 16.0. The lowest BCUT2D eigenvalue weighted by Gasteiger charge is -2.40. The van der Waals surface area contributed by atoms with Crippen molar-refractivity contribution in [1.82, 2.24) is 5.32 Å². The second kappa shape index (κ2) is 11.0. The molecule has 2 aliphatic carbocycles. The van der Waals surface area contributed by atoms with Crippen molar-refractivity contribution in [2.24, 2.45) is 17.8 Å². The van der Waals surface area contributed by atoms with E-state index in [1.807, 2.05) is 0 Å². The van der Waals surface area contributed by atoms with Crippen molar-refractivity contribution in [3.63, 3.8) is 0 Å². The van der Waals surface area contributed by atoms with Crippen molar-refractivity contribution in [2.75, 3.05) is 19.0 Å². The number of nitrogens with one attached hydrogen (secondary N) is 2.